The van der Waals surface area contributed by atoms with Gasteiger partial charge in [0.1, 0.15) is 11.9 Å². The predicted octanol–water partition coefficient (Wildman–Crippen LogP) is 2.30. The number of nitrogens with two attached hydrogens (primary N) is 1. The Hall–Kier alpha value is -4.28. The van der Waals surface area contributed by atoms with Crippen molar-refractivity contribution in [1.82, 2.24) is 29.7 Å². The number of imidazole rings is 1. The Bertz CT molecular complexity index is 1340. The standard InChI is InChI=1S/C26H32N8O3/c1-6-20(18-8-7-15(2)30-16(18)3)31-26(37)34-22(24(36)33(5)25-29-11-12-32(25)4)19(23(34)35)13-17-9-10-28-21(27)14-17/h7-12,14,19-20,22H,6,13H2,1-5H3,(H2,27,28)(H,31,37)/t19-,20?,22+/m1/s1. The molecule has 0 spiro atoms. The van der Waals surface area contributed by atoms with Crippen molar-refractivity contribution in [3.8, 4) is 0 Å². The van der Waals surface area contributed by atoms with E-state index in [9.17, 15) is 14.4 Å². The first-order valence-corrected chi connectivity index (χ1v) is 12.1. The van der Waals surface area contributed by atoms with Gasteiger partial charge in [-0.05, 0) is 56.0 Å². The molecule has 11 heteroatoms. The van der Waals surface area contributed by atoms with Gasteiger partial charge < -0.3 is 15.6 Å². The molecule has 0 bridgehead atoms. The number of aromatic nitrogens is 4. The highest BCUT2D eigenvalue weighted by Gasteiger charge is 2.55. The lowest BCUT2D eigenvalue weighted by atomic mass is 9.81. The Morgan fingerprint density at radius 3 is 2.57 bits per heavy atom. The van der Waals surface area contributed by atoms with E-state index in [1.54, 1.807) is 49.4 Å². The van der Waals surface area contributed by atoms with E-state index in [2.05, 4.69) is 20.3 Å². The number of pyridine rings is 2. The third-order valence-electron chi connectivity index (χ3n) is 6.76. The molecule has 1 aliphatic heterocycles. The third-order valence-corrected chi connectivity index (χ3v) is 6.76. The van der Waals surface area contributed by atoms with Crippen LogP contribution >= 0.6 is 0 Å². The van der Waals surface area contributed by atoms with Crippen molar-refractivity contribution in [1.29, 1.82) is 0 Å². The summed E-state index contributed by atoms with van der Waals surface area (Å²) in [5.74, 6) is -0.833. The number of urea groups is 1. The number of rotatable bonds is 7. The van der Waals surface area contributed by atoms with E-state index >= 15 is 0 Å². The van der Waals surface area contributed by atoms with Gasteiger partial charge in [0, 0.05) is 44.1 Å². The summed E-state index contributed by atoms with van der Waals surface area (Å²) in [5.41, 5.74) is 9.12. The summed E-state index contributed by atoms with van der Waals surface area (Å²) < 4.78 is 1.70. The van der Waals surface area contributed by atoms with Gasteiger partial charge in [0.2, 0.25) is 11.9 Å². The van der Waals surface area contributed by atoms with E-state index in [0.717, 1.165) is 27.4 Å². The van der Waals surface area contributed by atoms with Crippen molar-refractivity contribution in [3.05, 3.63) is 65.4 Å². The number of anilines is 2. The highest BCUT2D eigenvalue weighted by molar-refractivity contribution is 6.12. The van der Waals surface area contributed by atoms with Gasteiger partial charge in [-0.3, -0.25) is 24.4 Å². The highest BCUT2D eigenvalue weighted by Crippen LogP contribution is 2.33. The van der Waals surface area contributed by atoms with Crippen molar-refractivity contribution in [2.75, 3.05) is 17.7 Å². The van der Waals surface area contributed by atoms with Gasteiger partial charge in [-0.1, -0.05) is 13.0 Å². The molecule has 0 saturated carbocycles. The molecule has 0 aliphatic carbocycles. The maximum absolute atomic E-state index is 13.7. The SMILES string of the molecule is CCC(NC(=O)N1C(=O)[C@H](Cc2ccnc(N)c2)[C@H]1C(=O)N(C)c1nccn1C)c1ccc(C)nc1C. The van der Waals surface area contributed by atoms with E-state index in [1.807, 2.05) is 32.9 Å². The number of hydrogen-bond acceptors (Lipinski definition) is 7. The van der Waals surface area contributed by atoms with Crippen LogP contribution < -0.4 is 16.0 Å². The van der Waals surface area contributed by atoms with Gasteiger partial charge in [0.05, 0.1) is 12.0 Å². The third kappa shape index (κ3) is 5.02. The molecule has 0 radical (unpaired) electrons. The first kappa shape index (κ1) is 25.8. The number of hydrogen-bond donors (Lipinski definition) is 2. The summed E-state index contributed by atoms with van der Waals surface area (Å²) in [6.07, 6.45) is 5.69. The van der Waals surface area contributed by atoms with Gasteiger partial charge in [0.25, 0.3) is 5.91 Å². The summed E-state index contributed by atoms with van der Waals surface area (Å²) >= 11 is 0. The number of nitrogens with one attached hydrogen (secondary N) is 1. The fraction of sp³-hybridized carbons (Fsp3) is 0.385. The molecular formula is C26H32N8O3. The normalized spacial score (nSPS) is 17.8. The van der Waals surface area contributed by atoms with E-state index in [0.29, 0.717) is 18.2 Å². The van der Waals surface area contributed by atoms with Crippen LogP contribution in [-0.4, -0.2) is 55.4 Å². The first-order valence-electron chi connectivity index (χ1n) is 12.1. The number of amides is 4. The van der Waals surface area contributed by atoms with Crippen LogP contribution in [0.2, 0.25) is 0 Å². The van der Waals surface area contributed by atoms with Crippen LogP contribution in [0.4, 0.5) is 16.6 Å². The summed E-state index contributed by atoms with van der Waals surface area (Å²) in [6.45, 7) is 5.73. The second-order valence-corrected chi connectivity index (χ2v) is 9.33. The van der Waals surface area contributed by atoms with Crippen LogP contribution in [-0.2, 0) is 23.1 Å². The fourth-order valence-electron chi connectivity index (χ4n) is 4.79. The van der Waals surface area contributed by atoms with Crippen LogP contribution in [0.5, 0.6) is 0 Å². The van der Waals surface area contributed by atoms with Crippen LogP contribution in [0.1, 0.15) is 41.9 Å². The number of likely N-dealkylation sites (tertiary alicyclic amines) is 1. The minimum atomic E-state index is -1.00. The van der Waals surface area contributed by atoms with E-state index in [4.69, 9.17) is 5.73 Å². The number of imide groups is 1. The summed E-state index contributed by atoms with van der Waals surface area (Å²) in [4.78, 5) is 55.6. The van der Waals surface area contributed by atoms with Crippen molar-refractivity contribution >= 4 is 29.6 Å². The minimum absolute atomic E-state index is 0.248. The van der Waals surface area contributed by atoms with Crippen LogP contribution in [0.25, 0.3) is 0 Å². The number of carbonyl (C=O) groups excluding carboxylic acids is 3. The average Bonchev–Trinajstić information content (AvgIpc) is 3.29. The zero-order chi connectivity index (χ0) is 26.9. The molecule has 1 unspecified atom stereocenters. The molecule has 11 nitrogen and oxygen atoms in total. The van der Waals surface area contributed by atoms with Gasteiger partial charge >= 0.3 is 6.03 Å². The molecule has 1 saturated heterocycles. The number of aryl methyl sites for hydroxylation is 3. The number of β-lactam (4-membered cyclic amide) rings is 1. The predicted molar refractivity (Wildman–Crippen MR) is 138 cm³/mol. The van der Waals surface area contributed by atoms with Crippen LogP contribution in [0.3, 0.4) is 0 Å². The second-order valence-electron chi connectivity index (χ2n) is 9.33. The Morgan fingerprint density at radius 2 is 1.95 bits per heavy atom. The maximum Gasteiger partial charge on any atom is 0.325 e. The largest absolute Gasteiger partial charge is 0.384 e. The maximum atomic E-state index is 13.7. The highest BCUT2D eigenvalue weighted by atomic mass is 16.2. The molecule has 3 atom stereocenters. The van der Waals surface area contributed by atoms with Gasteiger partial charge in [-0.25, -0.2) is 14.8 Å². The van der Waals surface area contributed by atoms with E-state index < -0.39 is 29.8 Å². The molecular weight excluding hydrogens is 472 g/mol. The molecule has 4 rings (SSSR count). The Kier molecular flexibility index (Phi) is 7.23. The Balaban J connectivity index is 1.61. The summed E-state index contributed by atoms with van der Waals surface area (Å²) in [6, 6.07) is 5.24. The Labute approximate surface area is 215 Å². The van der Waals surface area contributed by atoms with Crippen LogP contribution in [0, 0.1) is 19.8 Å². The quantitative estimate of drug-likeness (QED) is 0.471. The van der Waals surface area contributed by atoms with Crippen molar-refractivity contribution < 1.29 is 14.4 Å². The molecule has 3 N–H and O–H groups in total. The lowest BCUT2D eigenvalue weighted by molar-refractivity contribution is -0.156. The van der Waals surface area contributed by atoms with Crippen molar-refractivity contribution in [2.45, 2.75) is 45.7 Å². The first-order chi connectivity index (χ1) is 17.6. The molecule has 4 heterocycles. The fourth-order valence-corrected chi connectivity index (χ4v) is 4.79. The summed E-state index contributed by atoms with van der Waals surface area (Å²) in [7, 11) is 3.35. The lowest BCUT2D eigenvalue weighted by Crippen LogP contribution is -2.70. The molecule has 37 heavy (non-hydrogen) atoms. The number of nitrogens with zero attached hydrogens (tertiary/aromatic N) is 6. The lowest BCUT2D eigenvalue weighted by Gasteiger charge is -2.45. The zero-order valence-electron chi connectivity index (χ0n) is 21.7. The molecule has 1 fully saturated rings. The second kappa shape index (κ2) is 10.4. The smallest absolute Gasteiger partial charge is 0.325 e. The number of likely N-dealkylation sites (N-methyl/N-ethyl adjacent to an activating group) is 1. The average molecular weight is 505 g/mol. The van der Waals surface area contributed by atoms with E-state index in [-0.39, 0.29) is 12.5 Å². The number of carbonyl (C=O) groups is 3. The minimum Gasteiger partial charge on any atom is -0.384 e. The molecule has 3 aromatic rings. The molecule has 194 valence electrons. The van der Waals surface area contributed by atoms with Gasteiger partial charge in [-0.15, -0.1) is 0 Å². The molecule has 3 aromatic heterocycles. The van der Waals surface area contributed by atoms with E-state index in [1.165, 1.54) is 4.90 Å². The van der Waals surface area contributed by atoms with Crippen LogP contribution in [0.15, 0.2) is 42.9 Å². The monoisotopic (exact) mass is 504 g/mol. The molecule has 1 aliphatic rings. The number of nitrogen functional groups attached to an aromatic ring is 1. The molecule has 4 amide bonds. The summed E-state index contributed by atoms with van der Waals surface area (Å²) in [5, 5.41) is 2.94. The Morgan fingerprint density at radius 1 is 1.19 bits per heavy atom. The van der Waals surface area contributed by atoms with Gasteiger partial charge in [0.15, 0.2) is 0 Å². The van der Waals surface area contributed by atoms with Gasteiger partial charge in [-0.2, -0.15) is 0 Å². The van der Waals surface area contributed by atoms with Crippen molar-refractivity contribution in [2.24, 2.45) is 13.0 Å². The van der Waals surface area contributed by atoms with Crippen molar-refractivity contribution in [3.63, 3.8) is 0 Å². The topological polar surface area (TPSA) is 139 Å². The molecule has 0 aromatic carbocycles. The zero-order valence-corrected chi connectivity index (χ0v) is 21.7.